The molecule has 3 aromatic rings. The zero-order valence-corrected chi connectivity index (χ0v) is 20.7. The number of imidazole rings is 1. The molecule has 0 saturated carbocycles. The zero-order valence-electron chi connectivity index (χ0n) is 18.4. The molecule has 0 spiro atoms. The third-order valence-corrected chi connectivity index (χ3v) is 5.87. The van der Waals surface area contributed by atoms with Crippen molar-refractivity contribution in [3.63, 3.8) is 0 Å². The molecule has 1 aromatic heterocycles. The van der Waals surface area contributed by atoms with E-state index in [0.29, 0.717) is 18.9 Å². The van der Waals surface area contributed by atoms with Crippen molar-refractivity contribution in [2.24, 2.45) is 16.6 Å². The monoisotopic (exact) mass is 546 g/mol. The number of nitrogens with one attached hydrogen (secondary N) is 1. The molecule has 32 heavy (non-hydrogen) atoms. The molecule has 0 bridgehead atoms. The maximum atomic E-state index is 11.3. The van der Waals surface area contributed by atoms with Gasteiger partial charge in [-0.15, -0.1) is 24.0 Å². The zero-order chi connectivity index (χ0) is 21.6. The van der Waals surface area contributed by atoms with Crippen LogP contribution in [0.1, 0.15) is 30.4 Å². The molecule has 0 aliphatic carbocycles. The molecular formula is C24H31IN6O. The van der Waals surface area contributed by atoms with Crippen molar-refractivity contribution in [3.8, 4) is 0 Å². The molecule has 1 aliphatic rings. The lowest BCUT2D eigenvalue weighted by molar-refractivity contribution is -0.119. The van der Waals surface area contributed by atoms with E-state index in [1.54, 1.807) is 7.05 Å². The average molecular weight is 546 g/mol. The van der Waals surface area contributed by atoms with Gasteiger partial charge >= 0.3 is 0 Å². The predicted octanol–water partition coefficient (Wildman–Crippen LogP) is 3.37. The topological polar surface area (TPSA) is 88.5 Å². The van der Waals surface area contributed by atoms with Crippen molar-refractivity contribution >= 4 is 46.9 Å². The summed E-state index contributed by atoms with van der Waals surface area (Å²) in [5, 5.41) is 3.46. The number of carbonyl (C=O) groups is 1. The number of piperidine rings is 1. The molecule has 170 valence electrons. The molecule has 8 heteroatoms. The molecule has 2 heterocycles. The second-order valence-electron chi connectivity index (χ2n) is 8.20. The summed E-state index contributed by atoms with van der Waals surface area (Å²) in [5.74, 6) is 0.963. The Morgan fingerprint density at radius 2 is 1.94 bits per heavy atom. The Morgan fingerprint density at radius 1 is 1.19 bits per heavy atom. The van der Waals surface area contributed by atoms with E-state index < -0.39 is 0 Å². The molecule has 1 amide bonds. The summed E-state index contributed by atoms with van der Waals surface area (Å²) in [7, 11) is 1.80. The number of aromatic nitrogens is 2. The lowest BCUT2D eigenvalue weighted by Crippen LogP contribution is -2.46. The largest absolute Gasteiger partial charge is 0.370 e. The van der Waals surface area contributed by atoms with Crippen LogP contribution in [-0.2, 0) is 17.9 Å². The SMILES string of the molecule is CN=C(NCc1ccc(Cn2cnc3ccccc32)cc1)N1CCCC(CC(N)=O)C1.I. The van der Waals surface area contributed by atoms with Crippen LogP contribution in [0.4, 0.5) is 0 Å². The maximum Gasteiger partial charge on any atom is 0.217 e. The number of hydrogen-bond donors (Lipinski definition) is 2. The molecule has 4 rings (SSSR count). The van der Waals surface area contributed by atoms with Crippen LogP contribution in [0.5, 0.6) is 0 Å². The highest BCUT2D eigenvalue weighted by atomic mass is 127. The summed E-state index contributed by atoms with van der Waals surface area (Å²) in [4.78, 5) is 22.4. The minimum atomic E-state index is -0.224. The first-order valence-electron chi connectivity index (χ1n) is 10.8. The first kappa shape index (κ1) is 24.0. The van der Waals surface area contributed by atoms with Crippen LogP contribution in [0, 0.1) is 5.92 Å². The van der Waals surface area contributed by atoms with E-state index in [1.807, 2.05) is 24.5 Å². The van der Waals surface area contributed by atoms with Crippen LogP contribution < -0.4 is 11.1 Å². The minimum absolute atomic E-state index is 0. The van der Waals surface area contributed by atoms with Crippen LogP contribution in [0.3, 0.4) is 0 Å². The van der Waals surface area contributed by atoms with E-state index in [0.717, 1.165) is 49.5 Å². The summed E-state index contributed by atoms with van der Waals surface area (Å²) in [6.07, 6.45) is 4.44. The Balaban J connectivity index is 0.00000289. The van der Waals surface area contributed by atoms with Crippen LogP contribution in [0.15, 0.2) is 59.9 Å². The smallest absolute Gasteiger partial charge is 0.217 e. The van der Waals surface area contributed by atoms with E-state index in [4.69, 9.17) is 5.73 Å². The van der Waals surface area contributed by atoms with Gasteiger partial charge in [0, 0.05) is 39.6 Å². The minimum Gasteiger partial charge on any atom is -0.370 e. The van der Waals surface area contributed by atoms with Crippen molar-refractivity contribution in [2.45, 2.75) is 32.4 Å². The van der Waals surface area contributed by atoms with Crippen LogP contribution in [0.25, 0.3) is 11.0 Å². The number of nitrogens with two attached hydrogens (primary N) is 1. The number of para-hydroxylation sites is 2. The number of nitrogens with zero attached hydrogens (tertiary/aromatic N) is 4. The standard InChI is InChI=1S/C24H30N6O.HI/c1-26-24(29-12-4-5-20(16-29)13-23(25)31)27-14-18-8-10-19(11-9-18)15-30-17-28-21-6-2-3-7-22(21)30;/h2-3,6-11,17,20H,4-5,12-16H2,1H3,(H2,25,31)(H,26,27);1H. The van der Waals surface area contributed by atoms with Gasteiger partial charge in [-0.05, 0) is 42.0 Å². The molecule has 1 atom stereocenters. The second kappa shape index (κ2) is 11.3. The van der Waals surface area contributed by atoms with Gasteiger partial charge in [-0.1, -0.05) is 36.4 Å². The van der Waals surface area contributed by atoms with Gasteiger partial charge in [0.25, 0.3) is 0 Å². The van der Waals surface area contributed by atoms with Crippen molar-refractivity contribution in [2.75, 3.05) is 20.1 Å². The number of carbonyl (C=O) groups excluding carboxylic acids is 1. The number of rotatable bonds is 6. The summed E-state index contributed by atoms with van der Waals surface area (Å²) < 4.78 is 2.17. The second-order valence-corrected chi connectivity index (χ2v) is 8.20. The highest BCUT2D eigenvalue weighted by molar-refractivity contribution is 14.0. The Kier molecular flexibility index (Phi) is 8.49. The maximum absolute atomic E-state index is 11.3. The van der Waals surface area contributed by atoms with Crippen molar-refractivity contribution in [3.05, 3.63) is 66.0 Å². The summed E-state index contributed by atoms with van der Waals surface area (Å²) in [6.45, 7) is 3.27. The number of aliphatic imine (C=N–C) groups is 1. The first-order chi connectivity index (χ1) is 15.1. The van der Waals surface area contributed by atoms with Gasteiger partial charge in [-0.2, -0.15) is 0 Å². The average Bonchev–Trinajstić information content (AvgIpc) is 3.18. The Bertz CT molecular complexity index is 1060. The van der Waals surface area contributed by atoms with Gasteiger partial charge in [-0.3, -0.25) is 9.79 Å². The van der Waals surface area contributed by atoms with Gasteiger partial charge in [0.05, 0.1) is 17.4 Å². The highest BCUT2D eigenvalue weighted by Crippen LogP contribution is 2.19. The fourth-order valence-electron chi connectivity index (χ4n) is 4.32. The molecule has 1 unspecified atom stereocenters. The Labute approximate surface area is 206 Å². The summed E-state index contributed by atoms with van der Waals surface area (Å²) >= 11 is 0. The number of hydrogen-bond acceptors (Lipinski definition) is 3. The number of amides is 1. The van der Waals surface area contributed by atoms with Crippen LogP contribution in [0.2, 0.25) is 0 Å². The summed E-state index contributed by atoms with van der Waals surface area (Å²) in [6, 6.07) is 16.8. The lowest BCUT2D eigenvalue weighted by Gasteiger charge is -2.34. The number of primary amides is 1. The molecule has 0 radical (unpaired) electrons. The number of benzene rings is 2. The molecule has 1 aliphatic heterocycles. The molecule has 2 aromatic carbocycles. The van der Waals surface area contributed by atoms with Crippen LogP contribution >= 0.6 is 24.0 Å². The number of likely N-dealkylation sites (tertiary alicyclic amines) is 1. The number of halogens is 1. The number of guanidine groups is 1. The van der Waals surface area contributed by atoms with Crippen molar-refractivity contribution in [1.82, 2.24) is 19.8 Å². The van der Waals surface area contributed by atoms with Gasteiger partial charge in [-0.25, -0.2) is 4.98 Å². The highest BCUT2D eigenvalue weighted by Gasteiger charge is 2.23. The van der Waals surface area contributed by atoms with E-state index in [2.05, 4.69) is 55.1 Å². The fraction of sp³-hybridized carbons (Fsp3) is 0.375. The molecular weight excluding hydrogens is 515 g/mol. The van der Waals surface area contributed by atoms with E-state index in [-0.39, 0.29) is 29.9 Å². The quantitative estimate of drug-likeness (QED) is 0.282. The van der Waals surface area contributed by atoms with Gasteiger partial charge in [0.15, 0.2) is 5.96 Å². The molecule has 1 fully saturated rings. The van der Waals surface area contributed by atoms with E-state index >= 15 is 0 Å². The van der Waals surface area contributed by atoms with E-state index in [9.17, 15) is 4.79 Å². The lowest BCUT2D eigenvalue weighted by atomic mass is 9.95. The molecule has 1 saturated heterocycles. The van der Waals surface area contributed by atoms with Crippen molar-refractivity contribution in [1.29, 1.82) is 0 Å². The van der Waals surface area contributed by atoms with Crippen LogP contribution in [-0.4, -0.2) is 46.5 Å². The molecule has 3 N–H and O–H groups in total. The molecule has 7 nitrogen and oxygen atoms in total. The van der Waals surface area contributed by atoms with E-state index in [1.165, 1.54) is 11.1 Å². The third-order valence-electron chi connectivity index (χ3n) is 5.87. The Morgan fingerprint density at radius 3 is 2.69 bits per heavy atom. The normalized spacial score (nSPS) is 16.6. The van der Waals surface area contributed by atoms with Gasteiger partial charge in [0.2, 0.25) is 5.91 Å². The predicted molar refractivity (Wildman–Crippen MR) is 139 cm³/mol. The van der Waals surface area contributed by atoms with Crippen molar-refractivity contribution < 1.29 is 4.79 Å². The van der Waals surface area contributed by atoms with Gasteiger partial charge in [0.1, 0.15) is 0 Å². The third kappa shape index (κ3) is 5.99. The Hall–Kier alpha value is -2.62. The summed E-state index contributed by atoms with van der Waals surface area (Å²) in [5.41, 5.74) is 9.99. The fourth-order valence-corrected chi connectivity index (χ4v) is 4.32. The number of fused-ring (bicyclic) bond motifs is 1. The van der Waals surface area contributed by atoms with Gasteiger partial charge < -0.3 is 20.5 Å². The first-order valence-corrected chi connectivity index (χ1v) is 10.8.